The molecular weight excluding hydrogens is 492 g/mol. The number of hydrogen-bond acceptors (Lipinski definition) is 6. The molecule has 3 amide bonds. The maximum atomic E-state index is 13.3. The van der Waals surface area contributed by atoms with E-state index in [1.165, 1.54) is 11.8 Å². The fraction of sp³-hybridized carbons (Fsp3) is 0.226. The van der Waals surface area contributed by atoms with E-state index in [0.29, 0.717) is 44.9 Å². The largest absolute Gasteiger partial charge is 0.381 e. The minimum absolute atomic E-state index is 0.0772. The lowest BCUT2D eigenvalue weighted by atomic mass is 9.96. The number of hydrogen-bond donors (Lipinski definition) is 2. The van der Waals surface area contributed by atoms with Crippen LogP contribution in [0.5, 0.6) is 0 Å². The highest BCUT2D eigenvalue weighted by Gasteiger charge is 2.36. The van der Waals surface area contributed by atoms with Gasteiger partial charge in [0.15, 0.2) is 5.78 Å². The van der Waals surface area contributed by atoms with E-state index < -0.39 is 0 Å². The zero-order valence-corrected chi connectivity index (χ0v) is 21.8. The second-order valence-electron chi connectivity index (χ2n) is 10.3. The monoisotopic (exact) mass is 520 g/mol. The number of piperidine rings is 1. The van der Waals surface area contributed by atoms with E-state index in [2.05, 4.69) is 22.6 Å². The van der Waals surface area contributed by atoms with Gasteiger partial charge < -0.3 is 15.5 Å². The van der Waals surface area contributed by atoms with Crippen molar-refractivity contribution in [3.8, 4) is 0 Å². The van der Waals surface area contributed by atoms with E-state index in [9.17, 15) is 19.2 Å². The van der Waals surface area contributed by atoms with Crippen LogP contribution in [0, 0.1) is 0 Å². The lowest BCUT2D eigenvalue weighted by Gasteiger charge is -2.31. The number of nitrogens with zero attached hydrogens (tertiary/aromatic N) is 2. The number of benzene rings is 3. The summed E-state index contributed by atoms with van der Waals surface area (Å²) in [6.45, 7) is 3.39. The third kappa shape index (κ3) is 4.32. The van der Waals surface area contributed by atoms with E-state index >= 15 is 0 Å². The maximum absolute atomic E-state index is 13.3. The van der Waals surface area contributed by atoms with Crippen molar-refractivity contribution in [2.75, 3.05) is 30.4 Å². The first kappa shape index (κ1) is 24.8. The van der Waals surface area contributed by atoms with Gasteiger partial charge in [-0.1, -0.05) is 24.3 Å². The number of carbonyl (C=O) groups excluding carboxylic acids is 4. The van der Waals surface area contributed by atoms with Gasteiger partial charge in [-0.05, 0) is 87.9 Å². The van der Waals surface area contributed by atoms with Crippen molar-refractivity contribution < 1.29 is 19.2 Å². The standard InChI is InChI=1S/C31H28N4O4/c1-18(36)20-9-12-26-25(17-20)27(29(37)33-26)28(32-21-13-15-34(2)16-14-21)19-7-10-22(11-8-19)35-30(38)23-5-3-4-6-24(23)31(35)39/h3-12,17,21,32H,13-16H2,1-2H3,(H,33,37)/b28-27-. The summed E-state index contributed by atoms with van der Waals surface area (Å²) in [6.07, 6.45) is 1.84. The molecule has 8 nitrogen and oxygen atoms in total. The van der Waals surface area contributed by atoms with E-state index in [1.54, 1.807) is 54.6 Å². The van der Waals surface area contributed by atoms with Gasteiger partial charge in [-0.15, -0.1) is 0 Å². The minimum atomic E-state index is -0.354. The summed E-state index contributed by atoms with van der Waals surface area (Å²) in [5.41, 5.74) is 4.98. The Labute approximate surface area is 226 Å². The van der Waals surface area contributed by atoms with Crippen LogP contribution >= 0.6 is 0 Å². The maximum Gasteiger partial charge on any atom is 0.266 e. The summed E-state index contributed by atoms with van der Waals surface area (Å²) in [5.74, 6) is -1.03. The molecule has 39 heavy (non-hydrogen) atoms. The number of anilines is 2. The molecule has 0 spiro atoms. The number of carbonyl (C=O) groups is 4. The Hall–Kier alpha value is -4.56. The zero-order chi connectivity index (χ0) is 27.3. The molecule has 1 fully saturated rings. The van der Waals surface area contributed by atoms with Gasteiger partial charge in [0.05, 0.1) is 28.1 Å². The summed E-state index contributed by atoms with van der Waals surface area (Å²) in [7, 11) is 2.09. The van der Waals surface area contributed by atoms with Gasteiger partial charge in [0.1, 0.15) is 0 Å². The van der Waals surface area contributed by atoms with Crippen LogP contribution in [0.25, 0.3) is 11.3 Å². The molecule has 0 aliphatic carbocycles. The number of Topliss-reactive ketones (excluding diaryl/α,β-unsaturated/α-hetero) is 1. The van der Waals surface area contributed by atoms with E-state index in [4.69, 9.17) is 0 Å². The molecule has 8 heteroatoms. The molecule has 0 radical (unpaired) electrons. The highest BCUT2D eigenvalue weighted by atomic mass is 16.2. The highest BCUT2D eigenvalue weighted by Crippen LogP contribution is 2.38. The second kappa shape index (κ2) is 9.63. The van der Waals surface area contributed by atoms with Crippen LogP contribution in [-0.4, -0.2) is 54.6 Å². The number of likely N-dealkylation sites (tertiary alicyclic amines) is 1. The Bertz CT molecular complexity index is 1530. The van der Waals surface area contributed by atoms with Crippen LogP contribution in [0.15, 0.2) is 66.7 Å². The molecule has 3 aliphatic heterocycles. The van der Waals surface area contributed by atoms with Gasteiger partial charge >= 0.3 is 0 Å². The molecule has 3 aliphatic rings. The molecule has 196 valence electrons. The highest BCUT2D eigenvalue weighted by molar-refractivity contribution is 6.37. The van der Waals surface area contributed by atoms with Crippen molar-refractivity contribution in [2.45, 2.75) is 25.8 Å². The van der Waals surface area contributed by atoms with Crippen molar-refractivity contribution in [3.05, 3.63) is 94.5 Å². The topological polar surface area (TPSA) is 98.8 Å². The second-order valence-corrected chi connectivity index (χ2v) is 10.3. The van der Waals surface area contributed by atoms with Gasteiger partial charge in [-0.3, -0.25) is 19.2 Å². The summed E-state index contributed by atoms with van der Waals surface area (Å²) in [6, 6.07) is 19.3. The quantitative estimate of drug-likeness (QED) is 0.297. The lowest BCUT2D eigenvalue weighted by molar-refractivity contribution is -0.110. The van der Waals surface area contributed by atoms with Gasteiger partial charge in [0.25, 0.3) is 17.7 Å². The first-order valence-electron chi connectivity index (χ1n) is 13.1. The number of ketones is 1. The molecule has 1 saturated heterocycles. The van der Waals surface area contributed by atoms with E-state index in [1.807, 2.05) is 12.1 Å². The predicted molar refractivity (Wildman–Crippen MR) is 150 cm³/mol. The lowest BCUT2D eigenvalue weighted by Crippen LogP contribution is -2.40. The van der Waals surface area contributed by atoms with Gasteiger partial charge in [0.2, 0.25) is 0 Å². The Balaban J connectivity index is 1.41. The first-order valence-corrected chi connectivity index (χ1v) is 13.1. The predicted octanol–water partition coefficient (Wildman–Crippen LogP) is 4.19. The third-order valence-electron chi connectivity index (χ3n) is 7.70. The summed E-state index contributed by atoms with van der Waals surface area (Å²) in [5, 5.41) is 6.57. The fourth-order valence-corrected chi connectivity index (χ4v) is 5.49. The summed E-state index contributed by atoms with van der Waals surface area (Å²) in [4.78, 5) is 54.9. The number of nitrogens with one attached hydrogen (secondary N) is 2. The normalized spacial score (nSPS) is 18.6. The van der Waals surface area contributed by atoms with Gasteiger partial charge in [0, 0.05) is 22.9 Å². The van der Waals surface area contributed by atoms with Crippen LogP contribution in [0.3, 0.4) is 0 Å². The zero-order valence-electron chi connectivity index (χ0n) is 21.8. The van der Waals surface area contributed by atoms with Crippen LogP contribution in [0.1, 0.15) is 62.0 Å². The van der Waals surface area contributed by atoms with Crippen LogP contribution in [0.2, 0.25) is 0 Å². The number of fused-ring (bicyclic) bond motifs is 2. The first-order chi connectivity index (χ1) is 18.8. The molecule has 0 aromatic heterocycles. The summed E-state index contributed by atoms with van der Waals surface area (Å²) < 4.78 is 0. The molecule has 0 saturated carbocycles. The van der Waals surface area contributed by atoms with Crippen molar-refractivity contribution in [1.82, 2.24) is 10.2 Å². The summed E-state index contributed by atoms with van der Waals surface area (Å²) >= 11 is 0. The average molecular weight is 521 g/mol. The Morgan fingerprint density at radius 3 is 2.08 bits per heavy atom. The van der Waals surface area contributed by atoms with Gasteiger partial charge in [-0.25, -0.2) is 4.90 Å². The minimum Gasteiger partial charge on any atom is -0.381 e. The smallest absolute Gasteiger partial charge is 0.266 e. The molecule has 3 heterocycles. The van der Waals surface area contributed by atoms with Crippen LogP contribution in [-0.2, 0) is 4.79 Å². The molecule has 3 aromatic carbocycles. The number of amides is 3. The van der Waals surface area contributed by atoms with Gasteiger partial charge in [-0.2, -0.15) is 0 Å². The molecule has 0 unspecified atom stereocenters. The SMILES string of the molecule is CC(=O)c1ccc2c(c1)/C(=C(/NC1CCN(C)CC1)c1ccc(N3C(=O)c4ccccc4C3=O)cc1)C(=O)N2. The fourth-order valence-electron chi connectivity index (χ4n) is 5.49. The van der Waals surface area contributed by atoms with Crippen molar-refractivity contribution in [3.63, 3.8) is 0 Å². The van der Waals surface area contributed by atoms with Crippen molar-refractivity contribution >= 4 is 46.1 Å². The van der Waals surface area contributed by atoms with E-state index in [0.717, 1.165) is 31.5 Å². The molecular formula is C31H28N4O4. The Morgan fingerprint density at radius 1 is 0.846 bits per heavy atom. The van der Waals surface area contributed by atoms with Crippen LogP contribution < -0.4 is 15.5 Å². The number of imide groups is 1. The molecule has 6 rings (SSSR count). The van der Waals surface area contributed by atoms with E-state index in [-0.39, 0.29) is 29.5 Å². The molecule has 2 N–H and O–H groups in total. The third-order valence-corrected chi connectivity index (χ3v) is 7.70. The average Bonchev–Trinajstić information content (AvgIpc) is 3.40. The Morgan fingerprint density at radius 2 is 1.46 bits per heavy atom. The van der Waals surface area contributed by atoms with Crippen molar-refractivity contribution in [1.29, 1.82) is 0 Å². The molecule has 0 atom stereocenters. The number of rotatable bonds is 5. The molecule has 0 bridgehead atoms. The molecule has 3 aromatic rings. The Kier molecular flexibility index (Phi) is 6.12. The van der Waals surface area contributed by atoms with Crippen LogP contribution in [0.4, 0.5) is 11.4 Å². The van der Waals surface area contributed by atoms with Crippen molar-refractivity contribution in [2.24, 2.45) is 0 Å².